The van der Waals surface area contributed by atoms with E-state index in [9.17, 15) is 13.2 Å². The van der Waals surface area contributed by atoms with E-state index in [0.717, 1.165) is 48.2 Å². The van der Waals surface area contributed by atoms with Gasteiger partial charge in [-0.2, -0.15) is 13.2 Å². The van der Waals surface area contributed by atoms with Crippen molar-refractivity contribution in [1.82, 2.24) is 20.5 Å². The summed E-state index contributed by atoms with van der Waals surface area (Å²) < 4.78 is 40.9. The van der Waals surface area contributed by atoms with Gasteiger partial charge < -0.3 is 15.5 Å². The maximum absolute atomic E-state index is 13.6. The molecule has 0 saturated carbocycles. The van der Waals surface area contributed by atoms with E-state index in [1.807, 2.05) is 6.07 Å². The highest BCUT2D eigenvalue weighted by Gasteiger charge is 2.37. The molecule has 1 atom stereocenters. The molecule has 1 aromatic heterocycles. The molecule has 6 nitrogen and oxygen atoms in total. The quantitative estimate of drug-likeness (QED) is 0.586. The molecule has 1 unspecified atom stereocenters. The number of anilines is 1. The predicted molar refractivity (Wildman–Crippen MR) is 132 cm³/mol. The first-order valence-corrected chi connectivity index (χ1v) is 12.3. The number of pyridine rings is 1. The number of nitrogens with zero attached hydrogens (tertiary/aromatic N) is 4. The van der Waals surface area contributed by atoms with Crippen LogP contribution in [0.3, 0.4) is 0 Å². The molecule has 186 valence electrons. The maximum Gasteiger partial charge on any atom is 0.419 e. The van der Waals surface area contributed by atoms with Gasteiger partial charge in [0.2, 0.25) is 0 Å². The first-order chi connectivity index (χ1) is 16.8. The largest absolute Gasteiger partial charge is 0.419 e. The molecule has 5 rings (SSSR count). The van der Waals surface area contributed by atoms with Gasteiger partial charge in [0.25, 0.3) is 0 Å². The van der Waals surface area contributed by atoms with Crippen LogP contribution in [0.25, 0.3) is 0 Å². The van der Waals surface area contributed by atoms with Crippen LogP contribution in [0.5, 0.6) is 0 Å². The molecule has 1 aromatic carbocycles. The van der Waals surface area contributed by atoms with Crippen LogP contribution in [0, 0.1) is 0 Å². The van der Waals surface area contributed by atoms with Crippen molar-refractivity contribution in [2.24, 2.45) is 4.99 Å². The molecule has 2 aromatic rings. The van der Waals surface area contributed by atoms with Crippen LogP contribution in [0.4, 0.5) is 19.0 Å². The number of halogens is 5. The Kier molecular flexibility index (Phi) is 6.83. The van der Waals surface area contributed by atoms with Crippen LogP contribution in [-0.4, -0.2) is 48.2 Å². The molecule has 0 aliphatic carbocycles. The molecule has 0 spiro atoms. The minimum Gasteiger partial charge on any atom is -0.356 e. The number of rotatable bonds is 4. The molecule has 2 N–H and O–H groups in total. The smallest absolute Gasteiger partial charge is 0.356 e. The number of amidine groups is 1. The van der Waals surface area contributed by atoms with Gasteiger partial charge in [0.1, 0.15) is 11.7 Å². The monoisotopic (exact) mass is 524 g/mol. The minimum absolute atomic E-state index is 0.0265. The molecule has 1 saturated heterocycles. The Bertz CT molecular complexity index is 1160. The van der Waals surface area contributed by atoms with Gasteiger partial charge in [0, 0.05) is 50.1 Å². The number of hydrogen-bond donors (Lipinski definition) is 2. The van der Waals surface area contributed by atoms with Crippen LogP contribution >= 0.6 is 23.2 Å². The van der Waals surface area contributed by atoms with Crippen LogP contribution in [-0.2, 0) is 12.7 Å². The van der Waals surface area contributed by atoms with Crippen LogP contribution in [0.2, 0.25) is 10.0 Å². The SMILES string of the molecule is FC(F)(F)c1cccnc1N1CCC2=C(CC1)C(=NCc1ccc(Cl)c(Cl)c1)NC(N1CCC1)N2. The summed E-state index contributed by atoms with van der Waals surface area (Å²) in [7, 11) is 0. The lowest BCUT2D eigenvalue weighted by molar-refractivity contribution is -0.137. The van der Waals surface area contributed by atoms with Crippen molar-refractivity contribution in [2.75, 3.05) is 31.1 Å². The third kappa shape index (κ3) is 5.22. The Morgan fingerprint density at radius 1 is 1.03 bits per heavy atom. The highest BCUT2D eigenvalue weighted by Crippen LogP contribution is 2.36. The van der Waals surface area contributed by atoms with Gasteiger partial charge in [0.05, 0.1) is 22.2 Å². The summed E-state index contributed by atoms with van der Waals surface area (Å²) in [5.74, 6) is 0.738. The Hall–Kier alpha value is -2.49. The lowest BCUT2D eigenvalue weighted by Gasteiger charge is -2.43. The number of aromatic nitrogens is 1. The number of hydrogen-bond acceptors (Lipinski definition) is 5. The van der Waals surface area contributed by atoms with Gasteiger partial charge in [-0.1, -0.05) is 29.3 Å². The summed E-state index contributed by atoms with van der Waals surface area (Å²) in [6.07, 6.45) is -0.904. The molecule has 0 radical (unpaired) electrons. The third-order valence-electron chi connectivity index (χ3n) is 6.55. The lowest BCUT2D eigenvalue weighted by atomic mass is 10.0. The third-order valence-corrected chi connectivity index (χ3v) is 7.29. The predicted octanol–water partition coefficient (Wildman–Crippen LogP) is 5.04. The highest BCUT2D eigenvalue weighted by atomic mass is 35.5. The topological polar surface area (TPSA) is 55.8 Å². The van der Waals surface area contributed by atoms with Gasteiger partial charge in [0.15, 0.2) is 6.29 Å². The molecule has 0 amide bonds. The number of benzene rings is 1. The van der Waals surface area contributed by atoms with Gasteiger partial charge in [-0.3, -0.25) is 9.89 Å². The van der Waals surface area contributed by atoms with Crippen molar-refractivity contribution >= 4 is 34.9 Å². The van der Waals surface area contributed by atoms with Crippen LogP contribution < -0.4 is 15.5 Å². The second kappa shape index (κ2) is 9.87. The van der Waals surface area contributed by atoms with E-state index in [4.69, 9.17) is 28.2 Å². The summed E-state index contributed by atoms with van der Waals surface area (Å²) in [6.45, 7) is 3.19. The van der Waals surface area contributed by atoms with Crippen molar-refractivity contribution in [1.29, 1.82) is 0 Å². The van der Waals surface area contributed by atoms with Crippen molar-refractivity contribution in [3.05, 3.63) is 69.0 Å². The summed E-state index contributed by atoms with van der Waals surface area (Å²) >= 11 is 12.2. The standard InChI is InChI=1S/C24H25Cl2F3N6/c25-18-5-4-15(13-19(18)26)14-31-21-16-6-11-34(22-17(24(27,28)29)3-1-8-30-22)12-7-20(16)32-23(33-21)35-9-2-10-35/h1,3-5,8,13,23,32H,2,6-7,9-12,14H2,(H,31,33). The number of likely N-dealkylation sites (tertiary alicyclic amines) is 1. The van der Waals surface area contributed by atoms with E-state index >= 15 is 0 Å². The average molecular weight is 525 g/mol. The Morgan fingerprint density at radius 2 is 1.83 bits per heavy atom. The fourth-order valence-electron chi connectivity index (χ4n) is 4.56. The maximum atomic E-state index is 13.6. The second-order valence-corrected chi connectivity index (χ2v) is 9.62. The average Bonchev–Trinajstić information content (AvgIpc) is 3.01. The Labute approximate surface area is 211 Å². The molecular weight excluding hydrogens is 500 g/mol. The number of nitrogens with one attached hydrogen (secondary N) is 2. The summed E-state index contributed by atoms with van der Waals surface area (Å²) in [5.41, 5.74) is 2.22. The van der Waals surface area contributed by atoms with Crippen molar-refractivity contribution < 1.29 is 13.2 Å². The van der Waals surface area contributed by atoms with E-state index in [1.54, 1.807) is 17.0 Å². The Balaban J connectivity index is 1.41. The molecule has 35 heavy (non-hydrogen) atoms. The molecule has 1 fully saturated rings. The minimum atomic E-state index is -4.46. The van der Waals surface area contributed by atoms with Gasteiger partial charge in [-0.15, -0.1) is 0 Å². The molecule has 3 aliphatic rings. The zero-order valence-corrected chi connectivity index (χ0v) is 20.4. The first-order valence-electron chi connectivity index (χ1n) is 11.5. The van der Waals surface area contributed by atoms with Crippen LogP contribution in [0.15, 0.2) is 52.8 Å². The van der Waals surface area contributed by atoms with Crippen molar-refractivity contribution in [3.63, 3.8) is 0 Å². The highest BCUT2D eigenvalue weighted by molar-refractivity contribution is 6.42. The van der Waals surface area contributed by atoms with E-state index in [2.05, 4.69) is 20.5 Å². The fourth-order valence-corrected chi connectivity index (χ4v) is 4.88. The van der Waals surface area contributed by atoms with Crippen molar-refractivity contribution in [3.8, 4) is 0 Å². The first kappa shape index (κ1) is 24.2. The molecule has 3 aliphatic heterocycles. The lowest BCUT2D eigenvalue weighted by Crippen LogP contribution is -2.63. The Morgan fingerprint density at radius 3 is 2.54 bits per heavy atom. The van der Waals surface area contributed by atoms with E-state index in [1.165, 1.54) is 12.3 Å². The van der Waals surface area contributed by atoms with Crippen LogP contribution in [0.1, 0.15) is 30.4 Å². The number of aliphatic imine (C=N–C) groups is 1. The van der Waals surface area contributed by atoms with E-state index in [-0.39, 0.29) is 12.1 Å². The van der Waals surface area contributed by atoms with Gasteiger partial charge >= 0.3 is 6.18 Å². The van der Waals surface area contributed by atoms with Crippen molar-refractivity contribution in [2.45, 2.75) is 38.3 Å². The van der Waals surface area contributed by atoms with Gasteiger partial charge in [-0.25, -0.2) is 4.98 Å². The van der Waals surface area contributed by atoms with Gasteiger partial charge in [-0.05, 0) is 42.7 Å². The molecular formula is C24H25Cl2F3N6. The normalized spacial score (nSPS) is 22.3. The fraction of sp³-hybridized carbons (Fsp3) is 0.417. The molecule has 0 bridgehead atoms. The van der Waals surface area contributed by atoms with E-state index < -0.39 is 11.7 Å². The second-order valence-electron chi connectivity index (χ2n) is 8.81. The molecule has 4 heterocycles. The summed E-state index contributed by atoms with van der Waals surface area (Å²) in [4.78, 5) is 13.0. The molecule has 11 heteroatoms. The summed E-state index contributed by atoms with van der Waals surface area (Å²) in [6, 6.07) is 7.84. The summed E-state index contributed by atoms with van der Waals surface area (Å²) in [5, 5.41) is 8.03. The van der Waals surface area contributed by atoms with E-state index in [0.29, 0.717) is 42.5 Å². The zero-order chi connectivity index (χ0) is 24.6. The number of alkyl halides is 3. The zero-order valence-electron chi connectivity index (χ0n) is 18.9.